The zero-order valence-electron chi connectivity index (χ0n) is 15.2. The number of piperazine rings is 1. The molecule has 0 N–H and O–H groups in total. The van der Waals surface area contributed by atoms with Crippen molar-refractivity contribution in [2.45, 2.75) is 25.4 Å². The maximum atomic E-state index is 12.9. The lowest BCUT2D eigenvalue weighted by Gasteiger charge is -2.35. The van der Waals surface area contributed by atoms with Crippen LogP contribution in [0.25, 0.3) is 0 Å². The van der Waals surface area contributed by atoms with Crippen molar-refractivity contribution in [1.82, 2.24) is 29.3 Å². The van der Waals surface area contributed by atoms with Crippen molar-refractivity contribution in [2.75, 3.05) is 37.6 Å². The summed E-state index contributed by atoms with van der Waals surface area (Å²) in [5, 5.41) is 0. The van der Waals surface area contributed by atoms with Crippen molar-refractivity contribution >= 4 is 11.9 Å². The fourth-order valence-corrected chi connectivity index (χ4v) is 3.35. The molecule has 2 aromatic heterocycles. The van der Waals surface area contributed by atoms with Gasteiger partial charge in [-0.2, -0.15) is 0 Å². The highest BCUT2D eigenvalue weighted by molar-refractivity contribution is 5.79. The Kier molecular flexibility index (Phi) is 4.83. The fourth-order valence-electron chi connectivity index (χ4n) is 3.35. The molecule has 1 aliphatic carbocycles. The van der Waals surface area contributed by atoms with Gasteiger partial charge in [0.05, 0.1) is 13.1 Å². The van der Waals surface area contributed by atoms with Gasteiger partial charge in [0.1, 0.15) is 5.82 Å². The van der Waals surface area contributed by atoms with E-state index in [4.69, 9.17) is 0 Å². The van der Waals surface area contributed by atoms with Gasteiger partial charge in [0.2, 0.25) is 11.9 Å². The number of rotatable bonds is 6. The molecule has 2 fully saturated rings. The van der Waals surface area contributed by atoms with Crippen LogP contribution >= 0.6 is 0 Å². The molecule has 1 saturated carbocycles. The van der Waals surface area contributed by atoms with E-state index >= 15 is 0 Å². The third-order valence-corrected chi connectivity index (χ3v) is 5.11. The van der Waals surface area contributed by atoms with E-state index in [2.05, 4.69) is 24.8 Å². The Balaban J connectivity index is 1.32. The predicted octanol–water partition coefficient (Wildman–Crippen LogP) is 0.523. The quantitative estimate of drug-likeness (QED) is 0.753. The van der Waals surface area contributed by atoms with Crippen LogP contribution < -0.4 is 4.90 Å². The van der Waals surface area contributed by atoms with Crippen LogP contribution in [0.1, 0.15) is 18.7 Å². The molecule has 1 amide bonds. The number of anilines is 1. The van der Waals surface area contributed by atoms with Crippen LogP contribution in [0.4, 0.5) is 5.95 Å². The first-order valence-corrected chi connectivity index (χ1v) is 9.20. The molecule has 26 heavy (non-hydrogen) atoms. The van der Waals surface area contributed by atoms with Crippen LogP contribution in [0.3, 0.4) is 0 Å². The topological polar surface area (TPSA) is 70.4 Å². The summed E-state index contributed by atoms with van der Waals surface area (Å²) in [5.74, 6) is 1.92. The van der Waals surface area contributed by atoms with Crippen LogP contribution in [0.15, 0.2) is 30.9 Å². The van der Waals surface area contributed by atoms with Gasteiger partial charge in [0.15, 0.2) is 0 Å². The number of hydrogen-bond acceptors (Lipinski definition) is 6. The Morgan fingerprint density at radius 1 is 1.12 bits per heavy atom. The van der Waals surface area contributed by atoms with Gasteiger partial charge in [-0.1, -0.05) is 0 Å². The number of aromatic nitrogens is 4. The van der Waals surface area contributed by atoms with Crippen molar-refractivity contribution in [3.8, 4) is 0 Å². The number of amides is 1. The minimum Gasteiger partial charge on any atom is -0.338 e. The summed E-state index contributed by atoms with van der Waals surface area (Å²) in [5.41, 5.74) is 0. The highest BCUT2D eigenvalue weighted by atomic mass is 16.2. The largest absolute Gasteiger partial charge is 0.338 e. The van der Waals surface area contributed by atoms with E-state index in [1.54, 1.807) is 18.6 Å². The monoisotopic (exact) mass is 355 g/mol. The van der Waals surface area contributed by atoms with E-state index in [-0.39, 0.29) is 5.91 Å². The standard InChI is InChI=1S/C18H25N7O/c1-22-8-7-19-16(22)13-25(15-3-4-15)17(26)14-23-9-11-24(12-10-23)18-20-5-2-6-21-18/h2,5-8,15H,3-4,9-14H2,1H3. The molecule has 0 bridgehead atoms. The average Bonchev–Trinajstić information content (AvgIpc) is 3.43. The molecule has 0 unspecified atom stereocenters. The average molecular weight is 355 g/mol. The van der Waals surface area contributed by atoms with E-state index in [1.165, 1.54) is 0 Å². The van der Waals surface area contributed by atoms with E-state index < -0.39 is 0 Å². The first-order valence-electron chi connectivity index (χ1n) is 9.20. The fraction of sp³-hybridized carbons (Fsp3) is 0.556. The summed E-state index contributed by atoms with van der Waals surface area (Å²) in [4.78, 5) is 32.3. The van der Waals surface area contributed by atoms with Gasteiger partial charge in [0.25, 0.3) is 0 Å². The molecule has 2 aliphatic rings. The number of nitrogens with zero attached hydrogens (tertiary/aromatic N) is 7. The Morgan fingerprint density at radius 2 is 1.85 bits per heavy atom. The molecule has 0 aromatic carbocycles. The second kappa shape index (κ2) is 7.41. The first kappa shape index (κ1) is 17.0. The minimum absolute atomic E-state index is 0.208. The van der Waals surface area contributed by atoms with Crippen LogP contribution in [-0.2, 0) is 18.4 Å². The van der Waals surface area contributed by atoms with Gasteiger partial charge in [-0.25, -0.2) is 15.0 Å². The zero-order valence-corrected chi connectivity index (χ0v) is 15.2. The Labute approximate surface area is 153 Å². The predicted molar refractivity (Wildman–Crippen MR) is 97.5 cm³/mol. The van der Waals surface area contributed by atoms with E-state index in [0.717, 1.165) is 50.8 Å². The smallest absolute Gasteiger partial charge is 0.237 e. The number of hydrogen-bond donors (Lipinski definition) is 0. The number of carbonyl (C=O) groups is 1. The van der Waals surface area contributed by atoms with E-state index in [1.807, 2.05) is 28.8 Å². The van der Waals surface area contributed by atoms with Crippen molar-refractivity contribution in [3.05, 3.63) is 36.7 Å². The molecule has 0 spiro atoms. The maximum absolute atomic E-state index is 12.9. The molecule has 0 atom stereocenters. The highest BCUT2D eigenvalue weighted by Gasteiger charge is 2.34. The van der Waals surface area contributed by atoms with E-state index in [9.17, 15) is 4.79 Å². The third-order valence-electron chi connectivity index (χ3n) is 5.11. The first-order chi connectivity index (χ1) is 12.7. The molecule has 2 aromatic rings. The van der Waals surface area contributed by atoms with Crippen molar-refractivity contribution in [3.63, 3.8) is 0 Å². The van der Waals surface area contributed by atoms with Gasteiger partial charge in [0, 0.05) is 64.1 Å². The lowest BCUT2D eigenvalue weighted by atomic mass is 10.3. The molecule has 4 rings (SSSR count). The van der Waals surface area contributed by atoms with Gasteiger partial charge in [-0.3, -0.25) is 9.69 Å². The molecule has 0 radical (unpaired) electrons. The minimum atomic E-state index is 0.208. The van der Waals surface area contributed by atoms with E-state index in [0.29, 0.717) is 19.1 Å². The van der Waals surface area contributed by atoms with Crippen LogP contribution in [0.2, 0.25) is 0 Å². The lowest BCUT2D eigenvalue weighted by molar-refractivity contribution is -0.133. The van der Waals surface area contributed by atoms with Crippen molar-refractivity contribution < 1.29 is 4.79 Å². The summed E-state index contributed by atoms with van der Waals surface area (Å²) in [6.45, 7) is 4.48. The van der Waals surface area contributed by atoms with Crippen LogP contribution in [0.5, 0.6) is 0 Å². The van der Waals surface area contributed by atoms with Crippen LogP contribution in [-0.4, -0.2) is 74.0 Å². The molecule has 8 nitrogen and oxygen atoms in total. The van der Waals surface area contributed by atoms with Gasteiger partial charge < -0.3 is 14.4 Å². The summed E-state index contributed by atoms with van der Waals surface area (Å²) in [6.07, 6.45) is 9.46. The maximum Gasteiger partial charge on any atom is 0.237 e. The Bertz CT molecular complexity index is 735. The molecule has 3 heterocycles. The number of imidazole rings is 1. The molecular weight excluding hydrogens is 330 g/mol. The normalized spacial score (nSPS) is 18.1. The lowest BCUT2D eigenvalue weighted by Crippen LogP contribution is -2.50. The van der Waals surface area contributed by atoms with Crippen molar-refractivity contribution in [1.29, 1.82) is 0 Å². The molecular formula is C18H25N7O. The third kappa shape index (κ3) is 3.85. The summed E-state index contributed by atoms with van der Waals surface area (Å²) >= 11 is 0. The van der Waals surface area contributed by atoms with Crippen molar-refractivity contribution in [2.24, 2.45) is 7.05 Å². The summed E-state index contributed by atoms with van der Waals surface area (Å²) in [7, 11) is 1.97. The Morgan fingerprint density at radius 3 is 2.46 bits per heavy atom. The van der Waals surface area contributed by atoms with Gasteiger partial charge in [-0.15, -0.1) is 0 Å². The second-order valence-corrected chi connectivity index (χ2v) is 7.02. The van der Waals surface area contributed by atoms with Crippen LogP contribution in [0, 0.1) is 0 Å². The van der Waals surface area contributed by atoms with Gasteiger partial charge >= 0.3 is 0 Å². The Hall–Kier alpha value is -2.48. The highest BCUT2D eigenvalue weighted by Crippen LogP contribution is 2.28. The number of aryl methyl sites for hydroxylation is 1. The molecule has 1 aliphatic heterocycles. The second-order valence-electron chi connectivity index (χ2n) is 7.02. The SMILES string of the molecule is Cn1ccnc1CN(C(=O)CN1CCN(c2ncccn2)CC1)C1CC1. The van der Waals surface area contributed by atoms with Gasteiger partial charge in [-0.05, 0) is 18.9 Å². The molecule has 138 valence electrons. The number of carbonyl (C=O) groups excluding carboxylic acids is 1. The zero-order chi connectivity index (χ0) is 17.9. The summed E-state index contributed by atoms with van der Waals surface area (Å²) in [6, 6.07) is 2.21. The molecule has 8 heteroatoms. The molecule has 1 saturated heterocycles. The summed E-state index contributed by atoms with van der Waals surface area (Å²) < 4.78 is 1.99.